The van der Waals surface area contributed by atoms with Crippen LogP contribution in [0.1, 0.15) is 75.1 Å². The van der Waals surface area contributed by atoms with Gasteiger partial charge in [0, 0.05) is 24.2 Å². The molecule has 34 heavy (non-hydrogen) atoms. The van der Waals surface area contributed by atoms with Gasteiger partial charge in [-0.15, -0.1) is 0 Å². The van der Waals surface area contributed by atoms with Gasteiger partial charge in [0.05, 0.1) is 11.1 Å². The first kappa shape index (κ1) is 26.1. The molecule has 0 saturated carbocycles. The number of carbonyl (C=O) groups is 1. The Balaban J connectivity index is 2.00. The molecule has 1 atom stereocenters. The zero-order chi connectivity index (χ0) is 25.1. The Labute approximate surface area is 198 Å². The summed E-state index contributed by atoms with van der Waals surface area (Å²) in [7, 11) is 1.98. The third-order valence-corrected chi connectivity index (χ3v) is 6.05. The number of amides is 1. The molecule has 3 rings (SSSR count). The first-order valence-corrected chi connectivity index (χ1v) is 11.7. The minimum Gasteiger partial charge on any atom is -0.491 e. The molecule has 1 aliphatic heterocycles. The Kier molecular flexibility index (Phi) is 7.95. The number of aromatic nitrogens is 1. The highest BCUT2D eigenvalue weighted by Crippen LogP contribution is 2.33. The lowest BCUT2D eigenvalue weighted by molar-refractivity contribution is -0.137. The molecule has 6 nitrogen and oxygen atoms in total. The number of nitrogens with zero attached hydrogens (tertiary/aromatic N) is 3. The summed E-state index contributed by atoms with van der Waals surface area (Å²) in [5.41, 5.74) is -1.40. The van der Waals surface area contributed by atoms with Gasteiger partial charge in [0.15, 0.2) is 0 Å². The predicted molar refractivity (Wildman–Crippen MR) is 123 cm³/mol. The minimum absolute atomic E-state index is 0.0715. The number of likely N-dealkylation sites (N-methyl/N-ethyl adjacent to an activating group) is 1. The van der Waals surface area contributed by atoms with Gasteiger partial charge in [-0.25, -0.2) is 0 Å². The van der Waals surface area contributed by atoms with Gasteiger partial charge in [-0.1, -0.05) is 34.1 Å². The van der Waals surface area contributed by atoms with Crippen molar-refractivity contribution in [1.29, 1.82) is 0 Å². The van der Waals surface area contributed by atoms with Crippen LogP contribution in [-0.2, 0) is 18.1 Å². The average Bonchev–Trinajstić information content (AvgIpc) is 3.35. The van der Waals surface area contributed by atoms with Gasteiger partial charge in [-0.3, -0.25) is 9.36 Å². The second kappa shape index (κ2) is 10.4. The topological polar surface area (TPSA) is 60.0 Å². The number of ether oxygens (including phenoxy) is 1. The second-order valence-electron chi connectivity index (χ2n) is 9.89. The van der Waals surface area contributed by atoms with E-state index in [0.29, 0.717) is 12.3 Å². The number of hydrogen-bond donors (Lipinski definition) is 0. The van der Waals surface area contributed by atoms with E-state index in [2.05, 4.69) is 9.89 Å². The summed E-state index contributed by atoms with van der Waals surface area (Å²) in [6, 6.07) is 3.09. The lowest BCUT2D eigenvalue weighted by Gasteiger charge is -2.20. The minimum atomic E-state index is -4.59. The summed E-state index contributed by atoms with van der Waals surface area (Å²) in [6.07, 6.45) is 0.954. The number of unbranched alkanes of at least 4 members (excludes halogenated alkanes) is 1. The van der Waals surface area contributed by atoms with Crippen LogP contribution in [0.2, 0.25) is 0 Å². The summed E-state index contributed by atoms with van der Waals surface area (Å²) in [5, 5.41) is 0. The van der Waals surface area contributed by atoms with E-state index in [1.165, 1.54) is 6.07 Å². The van der Waals surface area contributed by atoms with E-state index in [-0.39, 0.29) is 35.1 Å². The summed E-state index contributed by atoms with van der Waals surface area (Å²) in [6.45, 7) is 9.77. The van der Waals surface area contributed by atoms with Crippen molar-refractivity contribution in [1.82, 2.24) is 9.47 Å². The van der Waals surface area contributed by atoms with E-state index >= 15 is 0 Å². The third kappa shape index (κ3) is 6.31. The number of hydrogen-bond acceptors (Lipinski definition) is 4. The Bertz CT molecular complexity index is 1060. The molecule has 0 aliphatic carbocycles. The fraction of sp³-hybridized carbons (Fsp3) is 0.600. The lowest BCUT2D eigenvalue weighted by Crippen LogP contribution is -2.30. The maximum Gasteiger partial charge on any atom is 0.416 e. The molecule has 0 bridgehead atoms. The second-order valence-corrected chi connectivity index (χ2v) is 9.89. The summed E-state index contributed by atoms with van der Waals surface area (Å²) >= 11 is 0. The van der Waals surface area contributed by atoms with Crippen molar-refractivity contribution in [2.75, 3.05) is 20.2 Å². The van der Waals surface area contributed by atoms with Crippen LogP contribution in [-0.4, -0.2) is 41.6 Å². The molecule has 9 heteroatoms. The number of halogens is 3. The monoisotopic (exact) mass is 481 g/mol. The number of rotatable bonds is 7. The Morgan fingerprint density at radius 2 is 2.00 bits per heavy atom. The first-order chi connectivity index (χ1) is 15.9. The number of likely N-dealkylation sites (tertiary alicyclic amines) is 1. The molecule has 1 fully saturated rings. The van der Waals surface area contributed by atoms with Crippen molar-refractivity contribution < 1.29 is 27.1 Å². The van der Waals surface area contributed by atoms with Crippen molar-refractivity contribution in [3.05, 3.63) is 47.0 Å². The van der Waals surface area contributed by atoms with Crippen LogP contribution in [0, 0.1) is 0 Å². The largest absolute Gasteiger partial charge is 0.491 e. The Morgan fingerprint density at radius 1 is 1.26 bits per heavy atom. The molecular formula is C25H34F3N3O3. The Morgan fingerprint density at radius 3 is 2.59 bits per heavy atom. The third-order valence-electron chi connectivity index (χ3n) is 6.05. The van der Waals surface area contributed by atoms with Crippen molar-refractivity contribution in [3.8, 4) is 5.75 Å². The van der Waals surface area contributed by atoms with Gasteiger partial charge in [-0.2, -0.15) is 18.2 Å². The van der Waals surface area contributed by atoms with Gasteiger partial charge < -0.3 is 14.1 Å². The highest BCUT2D eigenvalue weighted by molar-refractivity contribution is 5.97. The molecule has 1 aliphatic rings. The molecule has 1 aromatic heterocycles. The van der Waals surface area contributed by atoms with Gasteiger partial charge in [0.1, 0.15) is 18.1 Å². The molecule has 1 aromatic carbocycles. The lowest BCUT2D eigenvalue weighted by atomic mass is 9.94. The maximum atomic E-state index is 13.4. The van der Waals surface area contributed by atoms with Crippen molar-refractivity contribution in [2.24, 2.45) is 4.99 Å². The van der Waals surface area contributed by atoms with Crippen molar-refractivity contribution in [3.63, 3.8) is 0 Å². The summed E-state index contributed by atoms with van der Waals surface area (Å²) in [4.78, 5) is 19.4. The normalized spacial score (nSPS) is 18.0. The standard InChI is InChI=1S/C25H34F3N3O3/c1-6-7-13-31-15-21(24(2,3)4)34-23(31)29-22(32)19-14-17(25(26,27)28)10-11-20(19)33-16-18-9-8-12-30(18)5/h10-11,14-15,18H,6-9,12-13,16H2,1-5H3/b29-23-/t18-/m0/s1. The fourth-order valence-corrected chi connectivity index (χ4v) is 3.82. The quantitative estimate of drug-likeness (QED) is 0.531. The van der Waals surface area contributed by atoms with Crippen LogP contribution in [0.3, 0.4) is 0 Å². The smallest absolute Gasteiger partial charge is 0.416 e. The van der Waals surface area contributed by atoms with E-state index in [4.69, 9.17) is 9.15 Å². The van der Waals surface area contributed by atoms with Gasteiger partial charge in [-0.05, 0) is 51.1 Å². The molecule has 2 heterocycles. The molecule has 0 N–H and O–H groups in total. The number of benzene rings is 1. The molecule has 188 valence electrons. The van der Waals surface area contributed by atoms with Crippen LogP contribution in [0.25, 0.3) is 0 Å². The average molecular weight is 482 g/mol. The van der Waals surface area contributed by atoms with Gasteiger partial charge >= 0.3 is 11.9 Å². The fourth-order valence-electron chi connectivity index (χ4n) is 3.82. The van der Waals surface area contributed by atoms with E-state index in [9.17, 15) is 18.0 Å². The van der Waals surface area contributed by atoms with Crippen molar-refractivity contribution in [2.45, 2.75) is 77.6 Å². The molecule has 0 spiro atoms. The number of carbonyl (C=O) groups excluding carboxylic acids is 1. The summed E-state index contributed by atoms with van der Waals surface area (Å²) < 4.78 is 53.6. The van der Waals surface area contributed by atoms with E-state index in [0.717, 1.165) is 44.4 Å². The van der Waals surface area contributed by atoms with Crippen molar-refractivity contribution >= 4 is 5.91 Å². The molecule has 0 unspecified atom stereocenters. The van der Waals surface area contributed by atoms with Crippen LogP contribution in [0.15, 0.2) is 33.8 Å². The first-order valence-electron chi connectivity index (χ1n) is 11.7. The SMILES string of the molecule is CCCCn1cc(C(C)(C)C)o/c1=N\C(=O)c1cc(C(F)(F)F)ccc1OC[C@@H]1CCCN1C. The predicted octanol–water partition coefficient (Wildman–Crippen LogP) is 5.41. The molecular weight excluding hydrogens is 447 g/mol. The van der Waals surface area contributed by atoms with Gasteiger partial charge in [0.25, 0.3) is 5.91 Å². The molecule has 1 amide bonds. The molecule has 2 aromatic rings. The molecule has 0 radical (unpaired) electrons. The highest BCUT2D eigenvalue weighted by Gasteiger charge is 2.32. The molecule has 1 saturated heterocycles. The zero-order valence-electron chi connectivity index (χ0n) is 20.5. The van der Waals surface area contributed by atoms with Crippen LogP contribution >= 0.6 is 0 Å². The van der Waals surface area contributed by atoms with E-state index < -0.39 is 17.6 Å². The number of alkyl halides is 3. The Hall–Kier alpha value is -2.55. The highest BCUT2D eigenvalue weighted by atomic mass is 19.4. The van der Waals surface area contributed by atoms with Crippen LogP contribution in [0.4, 0.5) is 13.2 Å². The maximum absolute atomic E-state index is 13.4. The van der Waals surface area contributed by atoms with E-state index in [1.54, 1.807) is 10.8 Å². The summed E-state index contributed by atoms with van der Waals surface area (Å²) in [5.74, 6) is -0.106. The van der Waals surface area contributed by atoms with Crippen LogP contribution in [0.5, 0.6) is 5.75 Å². The van der Waals surface area contributed by atoms with Crippen LogP contribution < -0.4 is 10.4 Å². The van der Waals surface area contributed by atoms with Gasteiger partial charge in [0.2, 0.25) is 0 Å². The zero-order valence-corrected chi connectivity index (χ0v) is 20.5. The number of oxazole rings is 1. The van der Waals surface area contributed by atoms with E-state index in [1.807, 2.05) is 34.7 Å². The number of aryl methyl sites for hydroxylation is 1.